The van der Waals surface area contributed by atoms with E-state index in [4.69, 9.17) is 0 Å². The minimum absolute atomic E-state index is 0.0126. The first-order valence-corrected chi connectivity index (χ1v) is 10.5. The molecule has 1 aliphatic rings. The molecule has 1 aromatic rings. The summed E-state index contributed by atoms with van der Waals surface area (Å²) in [4.78, 5) is 13.2. The lowest BCUT2D eigenvalue weighted by molar-refractivity contribution is -0.253. The molecule has 0 fully saturated rings. The van der Waals surface area contributed by atoms with Gasteiger partial charge in [0.2, 0.25) is 5.91 Å². The average molecular weight is 429 g/mol. The molecule has 168 valence electrons. The van der Waals surface area contributed by atoms with Gasteiger partial charge < -0.3 is 10.1 Å². The normalized spacial score (nSPS) is 20.5. The van der Waals surface area contributed by atoms with Crippen LogP contribution in [0, 0.1) is 11.3 Å². The predicted molar refractivity (Wildman–Crippen MR) is 109 cm³/mol. The van der Waals surface area contributed by atoms with E-state index in [1.807, 2.05) is 6.92 Å². The van der Waals surface area contributed by atoms with Crippen LogP contribution in [0.5, 0.6) is 5.75 Å². The van der Waals surface area contributed by atoms with Crippen molar-refractivity contribution < 1.29 is 27.1 Å². The molecule has 0 radical (unpaired) electrons. The van der Waals surface area contributed by atoms with Crippen molar-refractivity contribution >= 4 is 11.6 Å². The lowest BCUT2D eigenvalue weighted by Gasteiger charge is -2.31. The number of carbonyl (C=O) groups is 1. The Morgan fingerprint density at radius 3 is 2.33 bits per heavy atom. The molecule has 1 heterocycles. The summed E-state index contributed by atoms with van der Waals surface area (Å²) < 4.78 is 55.0. The number of alkyl halides is 4. The fourth-order valence-electron chi connectivity index (χ4n) is 3.87. The second kappa shape index (κ2) is 9.84. The Hall–Kier alpha value is -2.05. The van der Waals surface area contributed by atoms with E-state index in [2.05, 4.69) is 30.8 Å². The standard InChI is InChI=1S/C23H31F4NO2/c1-5-12-22(13-10-15(2)3)14-11-16(4)19(28-21(22)29)17-6-8-18(9-7-17)30-23(26,27)20(24)25/h6-9,15,20H,5,10-14H2,1-4H3,(H,28,29). The van der Waals surface area contributed by atoms with E-state index in [0.717, 1.165) is 44.1 Å². The van der Waals surface area contributed by atoms with Crippen LogP contribution in [-0.4, -0.2) is 18.4 Å². The van der Waals surface area contributed by atoms with Crippen LogP contribution in [-0.2, 0) is 4.79 Å². The summed E-state index contributed by atoms with van der Waals surface area (Å²) in [5.74, 6) is 0.128. The summed E-state index contributed by atoms with van der Waals surface area (Å²) >= 11 is 0. The summed E-state index contributed by atoms with van der Waals surface area (Å²) in [5, 5.41) is 3.06. The van der Waals surface area contributed by atoms with Crippen molar-refractivity contribution in [2.75, 3.05) is 0 Å². The first kappa shape index (κ1) is 24.2. The van der Waals surface area contributed by atoms with Gasteiger partial charge >= 0.3 is 12.5 Å². The maximum Gasteiger partial charge on any atom is 0.461 e. The van der Waals surface area contributed by atoms with Gasteiger partial charge in [-0.3, -0.25) is 4.79 Å². The van der Waals surface area contributed by atoms with Gasteiger partial charge in [0.05, 0.1) is 0 Å². The van der Waals surface area contributed by atoms with Crippen LogP contribution in [0.25, 0.3) is 5.70 Å². The molecule has 30 heavy (non-hydrogen) atoms. The fraction of sp³-hybridized carbons (Fsp3) is 0.609. The zero-order chi connectivity index (χ0) is 22.5. The molecule has 0 aliphatic carbocycles. The molecule has 0 bridgehead atoms. The molecule has 1 aromatic carbocycles. The van der Waals surface area contributed by atoms with Crippen molar-refractivity contribution in [3.8, 4) is 5.75 Å². The molecule has 1 aliphatic heterocycles. The second-order valence-electron chi connectivity index (χ2n) is 8.56. The molecule has 0 aromatic heterocycles. The molecule has 2 rings (SSSR count). The third-order valence-corrected chi connectivity index (χ3v) is 5.71. The van der Waals surface area contributed by atoms with Crippen molar-refractivity contribution in [1.29, 1.82) is 0 Å². The van der Waals surface area contributed by atoms with Crippen LogP contribution in [0.1, 0.15) is 71.8 Å². The summed E-state index contributed by atoms with van der Waals surface area (Å²) in [6.45, 7) is 8.30. The van der Waals surface area contributed by atoms with Crippen molar-refractivity contribution in [3.05, 3.63) is 35.4 Å². The molecule has 1 N–H and O–H groups in total. The summed E-state index contributed by atoms with van der Waals surface area (Å²) in [7, 11) is 0. The quantitative estimate of drug-likeness (QED) is 0.439. The third-order valence-electron chi connectivity index (χ3n) is 5.71. The van der Waals surface area contributed by atoms with Gasteiger partial charge in [-0.25, -0.2) is 0 Å². The van der Waals surface area contributed by atoms with Crippen LogP contribution in [0.4, 0.5) is 17.6 Å². The Balaban J connectivity index is 2.23. The molecule has 1 amide bonds. The molecule has 1 unspecified atom stereocenters. The summed E-state index contributed by atoms with van der Waals surface area (Å²) in [5.41, 5.74) is 1.85. The molecule has 7 heteroatoms. The molecule has 1 atom stereocenters. The second-order valence-corrected chi connectivity index (χ2v) is 8.56. The van der Waals surface area contributed by atoms with Crippen LogP contribution in [0.3, 0.4) is 0 Å². The average Bonchev–Trinajstić information content (AvgIpc) is 2.79. The van der Waals surface area contributed by atoms with E-state index >= 15 is 0 Å². The van der Waals surface area contributed by atoms with Gasteiger partial charge in [0.1, 0.15) is 5.75 Å². The number of carbonyl (C=O) groups excluding carboxylic acids is 1. The van der Waals surface area contributed by atoms with Gasteiger partial charge in [-0.15, -0.1) is 0 Å². The third kappa shape index (κ3) is 5.76. The Bertz CT molecular complexity index is 759. The maximum atomic E-state index is 13.2. The molecule has 3 nitrogen and oxygen atoms in total. The lowest BCUT2D eigenvalue weighted by atomic mass is 9.73. The highest BCUT2D eigenvalue weighted by atomic mass is 19.3. The highest BCUT2D eigenvalue weighted by Crippen LogP contribution is 2.41. The van der Waals surface area contributed by atoms with Crippen LogP contribution < -0.4 is 10.1 Å². The summed E-state index contributed by atoms with van der Waals surface area (Å²) in [6.07, 6.45) is -3.47. The highest BCUT2D eigenvalue weighted by Gasteiger charge is 2.44. The number of ether oxygens (including phenoxy) is 1. The number of halogens is 4. The Kier molecular flexibility index (Phi) is 7.94. The van der Waals surface area contributed by atoms with E-state index in [0.29, 0.717) is 17.2 Å². The van der Waals surface area contributed by atoms with E-state index in [9.17, 15) is 22.4 Å². The first-order chi connectivity index (χ1) is 14.0. The van der Waals surface area contributed by atoms with Gasteiger partial charge in [-0.2, -0.15) is 17.6 Å². The van der Waals surface area contributed by atoms with Gasteiger partial charge in [-0.05, 0) is 80.3 Å². The van der Waals surface area contributed by atoms with Gasteiger partial charge in [-0.1, -0.05) is 27.2 Å². The number of allylic oxidation sites excluding steroid dienone is 1. The molecule has 0 saturated carbocycles. The largest absolute Gasteiger partial charge is 0.461 e. The number of nitrogens with one attached hydrogen (secondary N) is 1. The first-order valence-electron chi connectivity index (χ1n) is 10.5. The monoisotopic (exact) mass is 429 g/mol. The zero-order valence-corrected chi connectivity index (χ0v) is 18.0. The predicted octanol–water partition coefficient (Wildman–Crippen LogP) is 6.79. The summed E-state index contributed by atoms with van der Waals surface area (Å²) in [6, 6.07) is 5.41. The Morgan fingerprint density at radius 1 is 1.17 bits per heavy atom. The number of rotatable bonds is 9. The number of hydrogen-bond donors (Lipinski definition) is 1. The van der Waals surface area contributed by atoms with E-state index in [-0.39, 0.29) is 11.7 Å². The molecule has 0 spiro atoms. The fourth-order valence-corrected chi connectivity index (χ4v) is 3.87. The topological polar surface area (TPSA) is 38.3 Å². The Morgan fingerprint density at radius 2 is 1.80 bits per heavy atom. The van der Waals surface area contributed by atoms with Crippen molar-refractivity contribution in [1.82, 2.24) is 5.32 Å². The number of hydrogen-bond acceptors (Lipinski definition) is 2. The number of benzene rings is 1. The van der Waals surface area contributed by atoms with E-state index in [1.54, 1.807) is 0 Å². The highest BCUT2D eigenvalue weighted by molar-refractivity contribution is 5.92. The Labute approximate surface area is 175 Å². The van der Waals surface area contributed by atoms with Gasteiger partial charge in [0.15, 0.2) is 0 Å². The number of amides is 1. The van der Waals surface area contributed by atoms with Crippen LogP contribution in [0.15, 0.2) is 29.8 Å². The zero-order valence-electron chi connectivity index (χ0n) is 18.0. The van der Waals surface area contributed by atoms with Crippen LogP contribution >= 0.6 is 0 Å². The minimum atomic E-state index is -4.55. The van der Waals surface area contributed by atoms with Crippen molar-refractivity contribution in [2.45, 2.75) is 78.8 Å². The van der Waals surface area contributed by atoms with E-state index < -0.39 is 17.9 Å². The molecule has 0 saturated heterocycles. The smallest absolute Gasteiger partial charge is 0.428 e. The SMILES string of the molecule is CCCC1(CCC(C)C)CCC(C)=C(c2ccc(OC(F)(F)C(F)F)cc2)NC1=O. The van der Waals surface area contributed by atoms with Gasteiger partial charge in [0.25, 0.3) is 0 Å². The van der Waals surface area contributed by atoms with Gasteiger partial charge in [0, 0.05) is 11.1 Å². The molecular weight excluding hydrogens is 398 g/mol. The lowest BCUT2D eigenvalue weighted by Crippen LogP contribution is -2.39. The van der Waals surface area contributed by atoms with Crippen molar-refractivity contribution in [3.63, 3.8) is 0 Å². The molecular formula is C23H31F4NO2. The van der Waals surface area contributed by atoms with Crippen molar-refractivity contribution in [2.24, 2.45) is 11.3 Å². The maximum absolute atomic E-state index is 13.2. The minimum Gasteiger partial charge on any atom is -0.428 e. The van der Waals surface area contributed by atoms with Crippen LogP contribution in [0.2, 0.25) is 0 Å². The van der Waals surface area contributed by atoms with E-state index in [1.165, 1.54) is 24.3 Å².